The highest BCUT2D eigenvalue weighted by atomic mass is 16.2. The summed E-state index contributed by atoms with van der Waals surface area (Å²) in [6.07, 6.45) is 1.84. The molecule has 0 spiro atoms. The molecule has 2 aromatic carbocycles. The quantitative estimate of drug-likeness (QED) is 0.724. The van der Waals surface area contributed by atoms with Crippen molar-refractivity contribution >= 4 is 22.6 Å². The molecule has 1 unspecified atom stereocenters. The number of aromatic amines is 1. The summed E-state index contributed by atoms with van der Waals surface area (Å²) < 4.78 is 0. The molecule has 1 saturated heterocycles. The molecule has 0 aliphatic carbocycles. The molecule has 3 heterocycles. The molecule has 6 nitrogen and oxygen atoms in total. The van der Waals surface area contributed by atoms with Gasteiger partial charge < -0.3 is 10.2 Å². The molecular formula is C22H22N4O2. The minimum Gasteiger partial charge on any atom is -0.355 e. The van der Waals surface area contributed by atoms with Gasteiger partial charge in [0.05, 0.1) is 11.6 Å². The number of H-pyrrole nitrogens is 1. The van der Waals surface area contributed by atoms with Gasteiger partial charge in [0, 0.05) is 49.3 Å². The SMILES string of the molecule is O=C1CCC(C(=O)N2CCc3[nH]nc(-c4cccc5ccccc45)c3C2)CN1. The van der Waals surface area contributed by atoms with Gasteiger partial charge in [0.1, 0.15) is 0 Å². The molecule has 2 N–H and O–H groups in total. The van der Waals surface area contributed by atoms with E-state index in [4.69, 9.17) is 0 Å². The highest BCUT2D eigenvalue weighted by molar-refractivity contribution is 5.96. The van der Waals surface area contributed by atoms with Gasteiger partial charge in [0.2, 0.25) is 11.8 Å². The van der Waals surface area contributed by atoms with Crippen molar-refractivity contribution in [2.45, 2.75) is 25.8 Å². The Bertz CT molecular complexity index is 1060. The molecule has 1 aromatic heterocycles. The summed E-state index contributed by atoms with van der Waals surface area (Å²) >= 11 is 0. The number of piperidine rings is 1. The number of carbonyl (C=O) groups excluding carboxylic acids is 2. The van der Waals surface area contributed by atoms with Crippen LogP contribution in [-0.2, 0) is 22.6 Å². The van der Waals surface area contributed by atoms with E-state index in [0.29, 0.717) is 32.5 Å². The third-order valence-corrected chi connectivity index (χ3v) is 5.90. The first-order valence-corrected chi connectivity index (χ1v) is 9.80. The Morgan fingerprint density at radius 2 is 1.96 bits per heavy atom. The molecule has 3 aromatic rings. The zero-order valence-corrected chi connectivity index (χ0v) is 15.6. The third kappa shape index (κ3) is 2.85. The van der Waals surface area contributed by atoms with Crippen molar-refractivity contribution in [2.24, 2.45) is 5.92 Å². The molecule has 5 rings (SSSR count). The number of hydrogen-bond donors (Lipinski definition) is 2. The van der Waals surface area contributed by atoms with E-state index < -0.39 is 0 Å². The Hall–Kier alpha value is -3.15. The summed E-state index contributed by atoms with van der Waals surface area (Å²) in [6, 6.07) is 14.5. The molecular weight excluding hydrogens is 352 g/mol. The molecule has 0 saturated carbocycles. The van der Waals surface area contributed by atoms with Crippen molar-refractivity contribution in [3.8, 4) is 11.3 Å². The lowest BCUT2D eigenvalue weighted by Gasteiger charge is -2.32. The molecule has 2 aliphatic heterocycles. The maximum absolute atomic E-state index is 13.0. The van der Waals surface area contributed by atoms with Gasteiger partial charge in [-0.2, -0.15) is 5.10 Å². The topological polar surface area (TPSA) is 78.1 Å². The van der Waals surface area contributed by atoms with Crippen LogP contribution in [0.25, 0.3) is 22.0 Å². The first kappa shape index (κ1) is 17.0. The van der Waals surface area contributed by atoms with Crippen molar-refractivity contribution in [3.05, 3.63) is 53.7 Å². The fourth-order valence-corrected chi connectivity index (χ4v) is 4.34. The molecule has 2 amide bonds. The van der Waals surface area contributed by atoms with Crippen LogP contribution >= 0.6 is 0 Å². The predicted molar refractivity (Wildman–Crippen MR) is 106 cm³/mol. The van der Waals surface area contributed by atoms with Crippen LogP contribution in [0, 0.1) is 5.92 Å². The number of benzene rings is 2. The van der Waals surface area contributed by atoms with Gasteiger partial charge in [-0.05, 0) is 17.2 Å². The van der Waals surface area contributed by atoms with Gasteiger partial charge in [0.25, 0.3) is 0 Å². The highest BCUT2D eigenvalue weighted by Crippen LogP contribution is 2.33. The summed E-state index contributed by atoms with van der Waals surface area (Å²) in [5.41, 5.74) is 4.25. The Labute approximate surface area is 162 Å². The Kier molecular flexibility index (Phi) is 4.11. The zero-order chi connectivity index (χ0) is 19.1. The lowest BCUT2D eigenvalue weighted by molar-refractivity contribution is -0.138. The van der Waals surface area contributed by atoms with E-state index >= 15 is 0 Å². The highest BCUT2D eigenvalue weighted by Gasteiger charge is 2.32. The minimum atomic E-state index is -0.118. The largest absolute Gasteiger partial charge is 0.355 e. The minimum absolute atomic E-state index is 0.0399. The van der Waals surface area contributed by atoms with E-state index in [9.17, 15) is 9.59 Å². The molecule has 0 radical (unpaired) electrons. The second-order valence-corrected chi connectivity index (χ2v) is 7.61. The lowest BCUT2D eigenvalue weighted by Crippen LogP contribution is -2.46. The normalized spacial score (nSPS) is 19.4. The standard InChI is InChI=1S/C22H22N4O2/c27-20-9-8-15(12-23-20)22(28)26-11-10-19-18(13-26)21(25-24-19)17-7-3-5-14-4-1-2-6-16(14)17/h1-7,15H,8-13H2,(H,23,27)(H,24,25). The van der Waals surface area contributed by atoms with Gasteiger partial charge in [-0.15, -0.1) is 0 Å². The first-order chi connectivity index (χ1) is 13.7. The zero-order valence-electron chi connectivity index (χ0n) is 15.6. The van der Waals surface area contributed by atoms with E-state index in [-0.39, 0.29) is 17.7 Å². The summed E-state index contributed by atoms with van der Waals surface area (Å²) in [5, 5.41) is 13.0. The number of carbonyl (C=O) groups is 2. The summed E-state index contributed by atoms with van der Waals surface area (Å²) in [6.45, 7) is 1.70. The molecule has 1 fully saturated rings. The number of hydrogen-bond acceptors (Lipinski definition) is 3. The van der Waals surface area contributed by atoms with Gasteiger partial charge in [-0.1, -0.05) is 42.5 Å². The smallest absolute Gasteiger partial charge is 0.227 e. The van der Waals surface area contributed by atoms with E-state index in [1.165, 1.54) is 5.39 Å². The Morgan fingerprint density at radius 3 is 2.82 bits per heavy atom. The molecule has 1 atom stereocenters. The van der Waals surface area contributed by atoms with Crippen LogP contribution in [0.5, 0.6) is 0 Å². The predicted octanol–water partition coefficient (Wildman–Crippen LogP) is 2.64. The fraction of sp³-hybridized carbons (Fsp3) is 0.318. The van der Waals surface area contributed by atoms with Gasteiger partial charge in [-0.3, -0.25) is 14.7 Å². The summed E-state index contributed by atoms with van der Waals surface area (Å²) in [4.78, 5) is 26.3. The van der Waals surface area contributed by atoms with E-state index in [1.54, 1.807) is 0 Å². The number of nitrogens with zero attached hydrogens (tertiary/aromatic N) is 2. The van der Waals surface area contributed by atoms with Gasteiger partial charge >= 0.3 is 0 Å². The van der Waals surface area contributed by atoms with Gasteiger partial charge in [0.15, 0.2) is 0 Å². The van der Waals surface area contributed by atoms with Crippen molar-refractivity contribution in [1.82, 2.24) is 20.4 Å². The van der Waals surface area contributed by atoms with E-state index in [2.05, 4.69) is 45.8 Å². The van der Waals surface area contributed by atoms with Crippen molar-refractivity contribution in [1.29, 1.82) is 0 Å². The van der Waals surface area contributed by atoms with Gasteiger partial charge in [-0.25, -0.2) is 0 Å². The van der Waals surface area contributed by atoms with E-state index in [0.717, 1.165) is 34.3 Å². The average molecular weight is 374 g/mol. The molecule has 142 valence electrons. The van der Waals surface area contributed by atoms with Crippen LogP contribution in [0.4, 0.5) is 0 Å². The van der Waals surface area contributed by atoms with Crippen LogP contribution in [0.2, 0.25) is 0 Å². The molecule has 0 bridgehead atoms. The lowest BCUT2D eigenvalue weighted by atomic mass is 9.94. The Morgan fingerprint density at radius 1 is 1.11 bits per heavy atom. The summed E-state index contributed by atoms with van der Waals surface area (Å²) in [5.74, 6) is 0.0564. The van der Waals surface area contributed by atoms with Crippen molar-refractivity contribution < 1.29 is 9.59 Å². The molecule has 28 heavy (non-hydrogen) atoms. The Balaban J connectivity index is 1.46. The van der Waals surface area contributed by atoms with Crippen LogP contribution in [0.3, 0.4) is 0 Å². The van der Waals surface area contributed by atoms with Crippen LogP contribution in [-0.4, -0.2) is 40.0 Å². The van der Waals surface area contributed by atoms with Crippen LogP contribution in [0.1, 0.15) is 24.1 Å². The monoisotopic (exact) mass is 374 g/mol. The first-order valence-electron chi connectivity index (χ1n) is 9.80. The second-order valence-electron chi connectivity index (χ2n) is 7.61. The fourth-order valence-electron chi connectivity index (χ4n) is 4.34. The second kappa shape index (κ2) is 6.78. The summed E-state index contributed by atoms with van der Waals surface area (Å²) in [7, 11) is 0. The van der Waals surface area contributed by atoms with Crippen LogP contribution < -0.4 is 5.32 Å². The average Bonchev–Trinajstić information content (AvgIpc) is 3.16. The maximum Gasteiger partial charge on any atom is 0.227 e. The van der Waals surface area contributed by atoms with E-state index in [1.807, 2.05) is 17.0 Å². The number of fused-ring (bicyclic) bond motifs is 2. The third-order valence-electron chi connectivity index (χ3n) is 5.90. The van der Waals surface area contributed by atoms with Crippen molar-refractivity contribution in [2.75, 3.05) is 13.1 Å². The molecule has 2 aliphatic rings. The number of rotatable bonds is 2. The number of amides is 2. The number of aromatic nitrogens is 2. The molecule has 6 heteroatoms. The van der Waals surface area contributed by atoms with Crippen molar-refractivity contribution in [3.63, 3.8) is 0 Å². The van der Waals surface area contributed by atoms with Crippen LogP contribution in [0.15, 0.2) is 42.5 Å². The maximum atomic E-state index is 13.0. The number of nitrogens with one attached hydrogen (secondary N) is 2.